The third kappa shape index (κ3) is 8.18. The van der Waals surface area contributed by atoms with Crippen molar-refractivity contribution >= 4 is 5.97 Å². The molecular formula is C14H30N2O3. The van der Waals surface area contributed by atoms with Crippen molar-refractivity contribution in [1.29, 1.82) is 0 Å². The van der Waals surface area contributed by atoms with Gasteiger partial charge in [0.2, 0.25) is 0 Å². The number of ether oxygens (including phenoxy) is 1. The van der Waals surface area contributed by atoms with Crippen molar-refractivity contribution in [2.45, 2.75) is 52.2 Å². The Balaban J connectivity index is 4.06. The second kappa shape index (κ2) is 9.28. The summed E-state index contributed by atoms with van der Waals surface area (Å²) < 4.78 is 5.48. The fourth-order valence-electron chi connectivity index (χ4n) is 1.64. The molecule has 0 aliphatic rings. The zero-order valence-electron chi connectivity index (χ0n) is 13.0. The lowest BCUT2D eigenvalue weighted by Crippen LogP contribution is -2.51. The molecule has 5 heteroatoms. The molecule has 0 aliphatic carbocycles. The molecule has 1 unspecified atom stereocenters. The second-order valence-corrected chi connectivity index (χ2v) is 5.54. The highest BCUT2D eigenvalue weighted by atomic mass is 16.5. The molecule has 0 spiro atoms. The SMILES string of the molecule is CCCNC(C)(CCN(C)CCOC(C)C)C(=O)O. The highest BCUT2D eigenvalue weighted by Crippen LogP contribution is 2.11. The van der Waals surface area contributed by atoms with Crippen LogP contribution in [0.5, 0.6) is 0 Å². The Labute approximate surface area is 117 Å². The van der Waals surface area contributed by atoms with Gasteiger partial charge in [0, 0.05) is 13.1 Å². The van der Waals surface area contributed by atoms with Crippen molar-refractivity contribution in [3.63, 3.8) is 0 Å². The van der Waals surface area contributed by atoms with Gasteiger partial charge in [-0.25, -0.2) is 0 Å². The minimum absolute atomic E-state index is 0.240. The summed E-state index contributed by atoms with van der Waals surface area (Å²) in [4.78, 5) is 13.4. The van der Waals surface area contributed by atoms with Crippen LogP contribution >= 0.6 is 0 Å². The van der Waals surface area contributed by atoms with Crippen molar-refractivity contribution in [2.24, 2.45) is 0 Å². The van der Waals surface area contributed by atoms with E-state index in [0.717, 1.165) is 26.1 Å². The molecule has 0 saturated carbocycles. The van der Waals surface area contributed by atoms with E-state index in [9.17, 15) is 9.90 Å². The van der Waals surface area contributed by atoms with Crippen molar-refractivity contribution in [2.75, 3.05) is 33.3 Å². The summed E-state index contributed by atoms with van der Waals surface area (Å²) in [5.41, 5.74) is -0.844. The van der Waals surface area contributed by atoms with Crippen molar-refractivity contribution in [3.05, 3.63) is 0 Å². The van der Waals surface area contributed by atoms with Gasteiger partial charge in [-0.1, -0.05) is 6.92 Å². The van der Waals surface area contributed by atoms with Gasteiger partial charge >= 0.3 is 5.97 Å². The molecule has 2 N–H and O–H groups in total. The Hall–Kier alpha value is -0.650. The first-order valence-corrected chi connectivity index (χ1v) is 7.10. The molecule has 114 valence electrons. The van der Waals surface area contributed by atoms with Crippen LogP contribution in [0.15, 0.2) is 0 Å². The summed E-state index contributed by atoms with van der Waals surface area (Å²) >= 11 is 0. The molecule has 0 radical (unpaired) electrons. The summed E-state index contributed by atoms with van der Waals surface area (Å²) in [5.74, 6) is -0.784. The van der Waals surface area contributed by atoms with Gasteiger partial charge in [0.1, 0.15) is 5.54 Å². The normalized spacial score (nSPS) is 14.9. The second-order valence-electron chi connectivity index (χ2n) is 5.54. The van der Waals surface area contributed by atoms with Gasteiger partial charge in [0.15, 0.2) is 0 Å². The van der Waals surface area contributed by atoms with Crippen LogP contribution in [0.1, 0.15) is 40.5 Å². The molecule has 19 heavy (non-hydrogen) atoms. The van der Waals surface area contributed by atoms with Gasteiger partial charge < -0.3 is 20.1 Å². The number of hydrogen-bond acceptors (Lipinski definition) is 4. The molecule has 1 atom stereocenters. The molecule has 0 aromatic heterocycles. The van der Waals surface area contributed by atoms with Crippen molar-refractivity contribution in [1.82, 2.24) is 10.2 Å². The van der Waals surface area contributed by atoms with E-state index in [1.54, 1.807) is 6.92 Å². The standard InChI is InChI=1S/C14H30N2O3/c1-6-8-15-14(4,13(17)18)7-9-16(5)10-11-19-12(2)3/h12,15H,6-11H2,1-5H3,(H,17,18). The van der Waals surface area contributed by atoms with Crippen LogP contribution < -0.4 is 5.32 Å². The van der Waals surface area contributed by atoms with Crippen LogP contribution in [0.3, 0.4) is 0 Å². The molecule has 0 rings (SSSR count). The van der Waals surface area contributed by atoms with E-state index in [4.69, 9.17) is 4.74 Å². The fourth-order valence-corrected chi connectivity index (χ4v) is 1.64. The molecule has 0 aliphatic heterocycles. The maximum Gasteiger partial charge on any atom is 0.323 e. The maximum absolute atomic E-state index is 11.3. The van der Waals surface area contributed by atoms with Crippen LogP contribution in [0.2, 0.25) is 0 Å². The minimum Gasteiger partial charge on any atom is -0.480 e. The van der Waals surface area contributed by atoms with Crippen LogP contribution in [-0.4, -0.2) is 60.9 Å². The predicted octanol–water partition coefficient (Wildman–Crippen LogP) is 1.58. The van der Waals surface area contributed by atoms with E-state index in [2.05, 4.69) is 10.2 Å². The summed E-state index contributed by atoms with van der Waals surface area (Å²) in [5, 5.41) is 12.4. The lowest BCUT2D eigenvalue weighted by Gasteiger charge is -2.28. The summed E-state index contributed by atoms with van der Waals surface area (Å²) in [6, 6.07) is 0. The van der Waals surface area contributed by atoms with E-state index in [-0.39, 0.29) is 6.10 Å². The number of carboxylic acid groups (broad SMARTS) is 1. The summed E-state index contributed by atoms with van der Waals surface area (Å²) in [6.07, 6.45) is 1.76. The van der Waals surface area contributed by atoms with Crippen LogP contribution in [-0.2, 0) is 9.53 Å². The number of hydrogen-bond donors (Lipinski definition) is 2. The molecule has 0 aromatic carbocycles. The Morgan fingerprint density at radius 2 is 2.05 bits per heavy atom. The molecule has 0 amide bonds. The smallest absolute Gasteiger partial charge is 0.323 e. The van der Waals surface area contributed by atoms with Gasteiger partial charge in [-0.15, -0.1) is 0 Å². The van der Waals surface area contributed by atoms with Crippen molar-refractivity contribution < 1.29 is 14.6 Å². The first-order valence-electron chi connectivity index (χ1n) is 7.10. The van der Waals surface area contributed by atoms with E-state index < -0.39 is 11.5 Å². The lowest BCUT2D eigenvalue weighted by atomic mass is 9.97. The Morgan fingerprint density at radius 1 is 1.42 bits per heavy atom. The highest BCUT2D eigenvalue weighted by Gasteiger charge is 2.31. The largest absolute Gasteiger partial charge is 0.480 e. The van der Waals surface area contributed by atoms with Crippen LogP contribution in [0.4, 0.5) is 0 Å². The Morgan fingerprint density at radius 3 is 2.53 bits per heavy atom. The number of aliphatic carboxylic acids is 1. The number of likely N-dealkylation sites (N-methyl/N-ethyl adjacent to an activating group) is 1. The van der Waals surface area contributed by atoms with E-state index in [0.29, 0.717) is 13.0 Å². The van der Waals surface area contributed by atoms with E-state index >= 15 is 0 Å². The minimum atomic E-state index is -0.844. The summed E-state index contributed by atoms with van der Waals surface area (Å²) in [6.45, 7) is 10.8. The number of carboxylic acids is 1. The summed E-state index contributed by atoms with van der Waals surface area (Å²) in [7, 11) is 1.99. The van der Waals surface area contributed by atoms with Gasteiger partial charge in [-0.05, 0) is 47.2 Å². The van der Waals surface area contributed by atoms with Gasteiger partial charge in [0.05, 0.1) is 12.7 Å². The fraction of sp³-hybridized carbons (Fsp3) is 0.929. The average Bonchev–Trinajstić information content (AvgIpc) is 2.33. The zero-order chi connectivity index (χ0) is 14.9. The number of carbonyl (C=O) groups is 1. The molecule has 5 nitrogen and oxygen atoms in total. The van der Waals surface area contributed by atoms with Gasteiger partial charge in [-0.3, -0.25) is 4.79 Å². The third-order valence-electron chi connectivity index (χ3n) is 3.15. The lowest BCUT2D eigenvalue weighted by molar-refractivity contribution is -0.144. The van der Waals surface area contributed by atoms with E-state index in [1.165, 1.54) is 0 Å². The van der Waals surface area contributed by atoms with E-state index in [1.807, 2.05) is 27.8 Å². The number of nitrogens with one attached hydrogen (secondary N) is 1. The molecule has 0 aromatic rings. The molecule has 0 bridgehead atoms. The third-order valence-corrected chi connectivity index (χ3v) is 3.15. The van der Waals surface area contributed by atoms with Crippen LogP contribution in [0.25, 0.3) is 0 Å². The zero-order valence-corrected chi connectivity index (χ0v) is 13.0. The van der Waals surface area contributed by atoms with Crippen molar-refractivity contribution in [3.8, 4) is 0 Å². The molecule has 0 heterocycles. The monoisotopic (exact) mass is 274 g/mol. The molecule has 0 saturated heterocycles. The number of nitrogens with zero attached hydrogens (tertiary/aromatic N) is 1. The molecular weight excluding hydrogens is 244 g/mol. The average molecular weight is 274 g/mol. The maximum atomic E-state index is 11.3. The first-order chi connectivity index (χ1) is 8.81. The Kier molecular flexibility index (Phi) is 8.97. The number of rotatable bonds is 11. The Bertz CT molecular complexity index is 259. The molecule has 0 fully saturated rings. The quantitative estimate of drug-likeness (QED) is 0.599. The van der Waals surface area contributed by atoms with Gasteiger partial charge in [0.25, 0.3) is 0 Å². The highest BCUT2D eigenvalue weighted by molar-refractivity contribution is 5.78. The topological polar surface area (TPSA) is 61.8 Å². The predicted molar refractivity (Wildman–Crippen MR) is 77.5 cm³/mol. The first kappa shape index (κ1) is 18.4. The van der Waals surface area contributed by atoms with Gasteiger partial charge in [-0.2, -0.15) is 0 Å². The van der Waals surface area contributed by atoms with Crippen LogP contribution in [0, 0.1) is 0 Å².